The largest absolute Gasteiger partial charge is 0.322 e. The number of benzene rings is 1. The summed E-state index contributed by atoms with van der Waals surface area (Å²) < 4.78 is 0.607. The maximum atomic E-state index is 12.2. The van der Waals surface area contributed by atoms with Crippen molar-refractivity contribution in [1.82, 2.24) is 25.6 Å². The number of hydrogen-bond donors (Lipinski definition) is 2. The molecule has 2 heterocycles. The van der Waals surface area contributed by atoms with Crippen LogP contribution in [0.2, 0.25) is 0 Å². The number of aromatic amines is 1. The summed E-state index contributed by atoms with van der Waals surface area (Å²) in [7, 11) is 0. The van der Waals surface area contributed by atoms with Crippen LogP contribution in [-0.2, 0) is 0 Å². The summed E-state index contributed by atoms with van der Waals surface area (Å²) in [5.41, 5.74) is 1.93. The van der Waals surface area contributed by atoms with Crippen LogP contribution in [-0.4, -0.2) is 31.5 Å². The quantitative estimate of drug-likeness (QED) is 0.710. The van der Waals surface area contributed by atoms with Crippen molar-refractivity contribution in [1.29, 1.82) is 0 Å². The lowest BCUT2D eigenvalue weighted by atomic mass is 10.2. The first-order valence-corrected chi connectivity index (χ1v) is 6.78. The minimum atomic E-state index is -0.219. The number of hydrogen-bond acceptors (Lipinski definition) is 5. The zero-order valence-corrected chi connectivity index (χ0v) is 12.2. The maximum Gasteiger partial charge on any atom is 0.255 e. The van der Waals surface area contributed by atoms with Gasteiger partial charge in [0.25, 0.3) is 5.91 Å². The molecule has 0 bridgehead atoms. The summed E-state index contributed by atoms with van der Waals surface area (Å²) in [6, 6.07) is 10.5. The predicted molar refractivity (Wildman–Crippen MR) is 79.5 cm³/mol. The molecule has 3 aromatic rings. The monoisotopic (exact) mass is 344 g/mol. The summed E-state index contributed by atoms with van der Waals surface area (Å²) >= 11 is 3.24. The smallest absolute Gasteiger partial charge is 0.255 e. The average molecular weight is 345 g/mol. The fraction of sp³-hybridized carbons (Fsp3) is 0. The minimum absolute atomic E-state index is 0.219. The molecule has 0 unspecified atom stereocenters. The van der Waals surface area contributed by atoms with Crippen LogP contribution >= 0.6 is 15.9 Å². The molecule has 2 N–H and O–H groups in total. The average Bonchev–Trinajstić information content (AvgIpc) is 3.02. The summed E-state index contributed by atoms with van der Waals surface area (Å²) in [5, 5.41) is 16.5. The Kier molecular flexibility index (Phi) is 3.69. The number of rotatable bonds is 3. The molecule has 0 saturated heterocycles. The number of nitrogens with one attached hydrogen (secondary N) is 2. The molecule has 0 aliphatic rings. The number of amides is 1. The molecule has 0 radical (unpaired) electrons. The second-order valence-corrected chi connectivity index (χ2v) is 4.95. The molecule has 2 aromatic heterocycles. The standard InChI is InChI=1S/C13H9BrN6O/c14-11-7-9(4-5-15-11)13(21)16-10-3-1-2-8(6-10)12-17-19-20-18-12/h1-7H,(H,16,21)(H,17,18,19,20). The Bertz CT molecular complexity index is 774. The van der Waals surface area contributed by atoms with Crippen LogP contribution in [0.25, 0.3) is 11.4 Å². The van der Waals surface area contributed by atoms with Crippen LogP contribution in [0.15, 0.2) is 47.2 Å². The van der Waals surface area contributed by atoms with E-state index in [0.29, 0.717) is 21.7 Å². The number of halogens is 1. The molecule has 0 spiro atoms. The summed E-state index contributed by atoms with van der Waals surface area (Å²) in [6.07, 6.45) is 1.56. The lowest BCUT2D eigenvalue weighted by Gasteiger charge is -2.06. The van der Waals surface area contributed by atoms with Crippen molar-refractivity contribution in [3.8, 4) is 11.4 Å². The number of H-pyrrole nitrogens is 1. The van der Waals surface area contributed by atoms with Gasteiger partial charge in [0.2, 0.25) is 5.82 Å². The highest BCUT2D eigenvalue weighted by atomic mass is 79.9. The molecule has 1 aromatic carbocycles. The fourth-order valence-electron chi connectivity index (χ4n) is 1.77. The molecule has 0 fully saturated rings. The Hall–Kier alpha value is -2.61. The number of anilines is 1. The van der Waals surface area contributed by atoms with Gasteiger partial charge in [-0.05, 0) is 45.4 Å². The number of carbonyl (C=O) groups is 1. The third-order valence-corrected chi connectivity index (χ3v) is 3.15. The normalized spacial score (nSPS) is 10.3. The lowest BCUT2D eigenvalue weighted by molar-refractivity contribution is 0.102. The molecule has 0 aliphatic carbocycles. The highest BCUT2D eigenvalue weighted by Crippen LogP contribution is 2.19. The van der Waals surface area contributed by atoms with Crippen LogP contribution in [0.1, 0.15) is 10.4 Å². The molecule has 0 saturated carbocycles. The molecule has 1 amide bonds. The highest BCUT2D eigenvalue weighted by Gasteiger charge is 2.08. The molecular weight excluding hydrogens is 336 g/mol. The van der Waals surface area contributed by atoms with Crippen LogP contribution < -0.4 is 5.32 Å². The summed E-state index contributed by atoms with van der Waals surface area (Å²) in [6.45, 7) is 0. The van der Waals surface area contributed by atoms with E-state index < -0.39 is 0 Å². The molecule has 104 valence electrons. The Morgan fingerprint density at radius 1 is 1.24 bits per heavy atom. The van der Waals surface area contributed by atoms with Crippen molar-refractivity contribution in [2.24, 2.45) is 0 Å². The van der Waals surface area contributed by atoms with Crippen molar-refractivity contribution >= 4 is 27.5 Å². The van der Waals surface area contributed by atoms with Crippen LogP contribution in [0.5, 0.6) is 0 Å². The van der Waals surface area contributed by atoms with E-state index in [2.05, 4.69) is 46.9 Å². The molecular formula is C13H9BrN6O. The first kappa shape index (κ1) is 13.4. The predicted octanol–water partition coefficient (Wildman–Crippen LogP) is 2.28. The van der Waals surface area contributed by atoms with Crippen molar-refractivity contribution < 1.29 is 4.79 Å². The topological polar surface area (TPSA) is 96.5 Å². The maximum absolute atomic E-state index is 12.2. The van der Waals surface area contributed by atoms with Gasteiger partial charge in [0.05, 0.1) is 0 Å². The van der Waals surface area contributed by atoms with Gasteiger partial charge in [-0.3, -0.25) is 4.79 Å². The molecule has 8 heteroatoms. The van der Waals surface area contributed by atoms with Gasteiger partial charge in [-0.1, -0.05) is 12.1 Å². The SMILES string of the molecule is O=C(Nc1cccc(-c2nn[nH]n2)c1)c1ccnc(Br)c1. The van der Waals surface area contributed by atoms with E-state index in [1.54, 1.807) is 30.5 Å². The van der Waals surface area contributed by atoms with E-state index in [4.69, 9.17) is 0 Å². The summed E-state index contributed by atoms with van der Waals surface area (Å²) in [4.78, 5) is 16.1. The molecule has 3 rings (SSSR count). The molecule has 0 aliphatic heterocycles. The molecule has 0 atom stereocenters. The van der Waals surface area contributed by atoms with E-state index in [1.165, 1.54) is 0 Å². The number of pyridine rings is 1. The van der Waals surface area contributed by atoms with E-state index >= 15 is 0 Å². The van der Waals surface area contributed by atoms with Gasteiger partial charge >= 0.3 is 0 Å². The van der Waals surface area contributed by atoms with Crippen LogP contribution in [0, 0.1) is 0 Å². The first-order chi connectivity index (χ1) is 10.2. The third kappa shape index (κ3) is 3.11. The zero-order chi connectivity index (χ0) is 14.7. The van der Waals surface area contributed by atoms with Gasteiger partial charge in [-0.25, -0.2) is 4.98 Å². The van der Waals surface area contributed by atoms with Crippen LogP contribution in [0.4, 0.5) is 5.69 Å². The third-order valence-electron chi connectivity index (χ3n) is 2.71. The van der Waals surface area contributed by atoms with E-state index in [-0.39, 0.29) is 5.91 Å². The van der Waals surface area contributed by atoms with Gasteiger partial charge in [0.15, 0.2) is 0 Å². The van der Waals surface area contributed by atoms with Crippen molar-refractivity contribution in [2.45, 2.75) is 0 Å². The van der Waals surface area contributed by atoms with Crippen LogP contribution in [0.3, 0.4) is 0 Å². The van der Waals surface area contributed by atoms with Gasteiger partial charge in [-0.15, -0.1) is 10.2 Å². The Labute approximate surface area is 127 Å². The van der Waals surface area contributed by atoms with Crippen molar-refractivity contribution in [3.63, 3.8) is 0 Å². The van der Waals surface area contributed by atoms with Crippen molar-refractivity contribution in [2.75, 3.05) is 5.32 Å². The molecule has 21 heavy (non-hydrogen) atoms. The van der Waals surface area contributed by atoms with Crippen molar-refractivity contribution in [3.05, 3.63) is 52.8 Å². The first-order valence-electron chi connectivity index (χ1n) is 5.99. The Morgan fingerprint density at radius 3 is 2.90 bits per heavy atom. The summed E-state index contributed by atoms with van der Waals surface area (Å²) in [5.74, 6) is 0.251. The Morgan fingerprint density at radius 2 is 2.14 bits per heavy atom. The zero-order valence-electron chi connectivity index (χ0n) is 10.6. The second kappa shape index (κ2) is 5.80. The van der Waals surface area contributed by atoms with Gasteiger partial charge < -0.3 is 5.32 Å². The van der Waals surface area contributed by atoms with E-state index in [1.807, 2.05) is 12.1 Å². The number of tetrazole rings is 1. The number of aromatic nitrogens is 5. The lowest BCUT2D eigenvalue weighted by Crippen LogP contribution is -2.12. The van der Waals surface area contributed by atoms with E-state index in [0.717, 1.165) is 5.56 Å². The second-order valence-electron chi connectivity index (χ2n) is 4.14. The fourth-order valence-corrected chi connectivity index (χ4v) is 2.13. The van der Waals surface area contributed by atoms with E-state index in [9.17, 15) is 4.79 Å². The highest BCUT2D eigenvalue weighted by molar-refractivity contribution is 9.10. The van der Waals surface area contributed by atoms with Gasteiger partial charge in [-0.2, -0.15) is 5.21 Å². The molecule has 7 nitrogen and oxygen atoms in total. The van der Waals surface area contributed by atoms with Gasteiger partial charge in [0.1, 0.15) is 4.60 Å². The minimum Gasteiger partial charge on any atom is -0.322 e. The Balaban J connectivity index is 1.82. The number of carbonyl (C=O) groups excluding carboxylic acids is 1. The number of nitrogens with zero attached hydrogens (tertiary/aromatic N) is 4. The van der Waals surface area contributed by atoms with Gasteiger partial charge in [0, 0.05) is 23.0 Å².